The van der Waals surface area contributed by atoms with Crippen LogP contribution in [0.1, 0.15) is 32.1 Å². The summed E-state index contributed by atoms with van der Waals surface area (Å²) in [6.45, 7) is 0.799. The van der Waals surface area contributed by atoms with Crippen molar-refractivity contribution in [3.8, 4) is 0 Å². The van der Waals surface area contributed by atoms with E-state index in [0.717, 1.165) is 32.3 Å². The zero-order chi connectivity index (χ0) is 9.73. The number of ether oxygens (including phenoxy) is 2. The predicted octanol–water partition coefficient (Wildman–Crippen LogP) is 1.31. The number of hydrogen-bond acceptors (Lipinski definition) is 3. The van der Waals surface area contributed by atoms with Gasteiger partial charge in [0, 0.05) is 26.9 Å². The molecule has 13 heavy (non-hydrogen) atoms. The fourth-order valence-corrected chi connectivity index (χ4v) is 1.96. The molecule has 1 aliphatic rings. The molecule has 1 unspecified atom stereocenters. The average Bonchev–Trinajstić information content (AvgIpc) is 2.04. The van der Waals surface area contributed by atoms with Gasteiger partial charge in [-0.25, -0.2) is 0 Å². The van der Waals surface area contributed by atoms with E-state index >= 15 is 0 Å². The maximum Gasteiger partial charge on any atom is 0.0828 e. The molecule has 0 aromatic rings. The molecule has 0 saturated heterocycles. The summed E-state index contributed by atoms with van der Waals surface area (Å²) in [5.74, 6) is 0. The first-order chi connectivity index (χ1) is 6.25. The molecule has 78 valence electrons. The van der Waals surface area contributed by atoms with Gasteiger partial charge >= 0.3 is 0 Å². The smallest absolute Gasteiger partial charge is 0.0828 e. The molecule has 3 heteroatoms. The summed E-state index contributed by atoms with van der Waals surface area (Å²) in [6, 6.07) is 0.182. The van der Waals surface area contributed by atoms with E-state index in [2.05, 4.69) is 0 Å². The van der Waals surface area contributed by atoms with Gasteiger partial charge in [0.1, 0.15) is 0 Å². The number of nitrogens with two attached hydrogens (primary N) is 1. The van der Waals surface area contributed by atoms with Crippen LogP contribution in [0.5, 0.6) is 0 Å². The normalized spacial score (nSPS) is 22.4. The highest BCUT2D eigenvalue weighted by atomic mass is 16.5. The molecule has 1 saturated carbocycles. The van der Waals surface area contributed by atoms with Crippen LogP contribution in [0.4, 0.5) is 0 Å². The van der Waals surface area contributed by atoms with E-state index in [1.807, 2.05) is 0 Å². The molecule has 0 bridgehead atoms. The van der Waals surface area contributed by atoms with E-state index in [-0.39, 0.29) is 11.6 Å². The van der Waals surface area contributed by atoms with E-state index in [1.165, 1.54) is 6.42 Å². The molecule has 0 amide bonds. The second kappa shape index (κ2) is 4.94. The molecular weight excluding hydrogens is 166 g/mol. The zero-order valence-electron chi connectivity index (χ0n) is 8.71. The van der Waals surface area contributed by atoms with Gasteiger partial charge in [0.05, 0.1) is 5.60 Å². The summed E-state index contributed by atoms with van der Waals surface area (Å²) in [4.78, 5) is 0. The quantitative estimate of drug-likeness (QED) is 0.638. The molecule has 0 spiro atoms. The van der Waals surface area contributed by atoms with Crippen LogP contribution in [0, 0.1) is 0 Å². The molecule has 0 aromatic carbocycles. The summed E-state index contributed by atoms with van der Waals surface area (Å²) in [7, 11) is 3.50. The number of hydrogen-bond donors (Lipinski definition) is 1. The monoisotopic (exact) mass is 187 g/mol. The summed E-state index contributed by atoms with van der Waals surface area (Å²) < 4.78 is 10.5. The van der Waals surface area contributed by atoms with Gasteiger partial charge in [-0.2, -0.15) is 0 Å². The van der Waals surface area contributed by atoms with E-state index < -0.39 is 0 Å². The van der Waals surface area contributed by atoms with Crippen LogP contribution in [0.2, 0.25) is 0 Å². The van der Waals surface area contributed by atoms with Crippen molar-refractivity contribution in [1.82, 2.24) is 0 Å². The number of rotatable bonds is 6. The first kappa shape index (κ1) is 11.0. The Labute approximate surface area is 80.6 Å². The van der Waals surface area contributed by atoms with Crippen molar-refractivity contribution < 1.29 is 9.47 Å². The van der Waals surface area contributed by atoms with Crippen LogP contribution < -0.4 is 5.73 Å². The van der Waals surface area contributed by atoms with Crippen LogP contribution in [0.25, 0.3) is 0 Å². The molecule has 0 heterocycles. The maximum absolute atomic E-state index is 6.08. The minimum absolute atomic E-state index is 0.00621. The minimum Gasteiger partial charge on any atom is -0.385 e. The molecule has 3 nitrogen and oxygen atoms in total. The Kier molecular flexibility index (Phi) is 4.16. The lowest BCUT2D eigenvalue weighted by atomic mass is 9.73. The molecule has 0 radical (unpaired) electrons. The topological polar surface area (TPSA) is 44.5 Å². The number of methoxy groups -OCH3 is 2. The second-order valence-corrected chi connectivity index (χ2v) is 3.86. The molecule has 1 rings (SSSR count). The zero-order valence-corrected chi connectivity index (χ0v) is 8.71. The molecule has 0 aromatic heterocycles. The molecule has 1 atom stereocenters. The van der Waals surface area contributed by atoms with E-state index in [0.29, 0.717) is 0 Å². The second-order valence-electron chi connectivity index (χ2n) is 3.86. The first-order valence-corrected chi connectivity index (χ1v) is 5.05. The largest absolute Gasteiger partial charge is 0.385 e. The highest BCUT2D eigenvalue weighted by Gasteiger charge is 2.42. The lowest BCUT2D eigenvalue weighted by Crippen LogP contribution is -2.54. The Morgan fingerprint density at radius 1 is 1.38 bits per heavy atom. The van der Waals surface area contributed by atoms with Crippen molar-refractivity contribution in [2.24, 2.45) is 5.73 Å². The fourth-order valence-electron chi connectivity index (χ4n) is 1.96. The predicted molar refractivity (Wildman–Crippen MR) is 52.7 cm³/mol. The molecular formula is C10H21NO2. The standard InChI is InChI=1S/C10H21NO2/c1-12-8-3-5-9(11)10(13-2)6-4-7-10/h9H,3-8,11H2,1-2H3. The third-order valence-electron chi connectivity index (χ3n) is 3.15. The van der Waals surface area contributed by atoms with Crippen molar-refractivity contribution in [3.05, 3.63) is 0 Å². The van der Waals surface area contributed by atoms with Crippen LogP contribution in [0.15, 0.2) is 0 Å². The van der Waals surface area contributed by atoms with Crippen molar-refractivity contribution in [3.63, 3.8) is 0 Å². The Morgan fingerprint density at radius 3 is 2.46 bits per heavy atom. The van der Waals surface area contributed by atoms with Gasteiger partial charge in [-0.3, -0.25) is 0 Å². The van der Waals surface area contributed by atoms with Crippen molar-refractivity contribution in [2.75, 3.05) is 20.8 Å². The Morgan fingerprint density at radius 2 is 2.08 bits per heavy atom. The van der Waals surface area contributed by atoms with Crippen molar-refractivity contribution >= 4 is 0 Å². The molecule has 1 aliphatic carbocycles. The van der Waals surface area contributed by atoms with Gasteiger partial charge < -0.3 is 15.2 Å². The van der Waals surface area contributed by atoms with Crippen LogP contribution in [-0.4, -0.2) is 32.5 Å². The summed E-state index contributed by atoms with van der Waals surface area (Å²) in [6.07, 6.45) is 5.53. The van der Waals surface area contributed by atoms with Crippen LogP contribution in [0.3, 0.4) is 0 Å². The Hall–Kier alpha value is -0.120. The van der Waals surface area contributed by atoms with Gasteiger partial charge in [-0.1, -0.05) is 0 Å². The molecule has 2 N–H and O–H groups in total. The van der Waals surface area contributed by atoms with E-state index in [9.17, 15) is 0 Å². The molecule has 1 fully saturated rings. The third kappa shape index (κ3) is 2.42. The van der Waals surface area contributed by atoms with E-state index in [4.69, 9.17) is 15.2 Å². The lowest BCUT2D eigenvalue weighted by Gasteiger charge is -2.45. The Balaban J connectivity index is 2.24. The minimum atomic E-state index is -0.00621. The fraction of sp³-hybridized carbons (Fsp3) is 1.00. The van der Waals surface area contributed by atoms with E-state index in [1.54, 1.807) is 14.2 Å². The maximum atomic E-state index is 6.08. The van der Waals surface area contributed by atoms with Crippen molar-refractivity contribution in [2.45, 2.75) is 43.7 Å². The van der Waals surface area contributed by atoms with Gasteiger partial charge in [-0.15, -0.1) is 0 Å². The van der Waals surface area contributed by atoms with Gasteiger partial charge in [0.2, 0.25) is 0 Å². The lowest BCUT2D eigenvalue weighted by molar-refractivity contribution is -0.0922. The third-order valence-corrected chi connectivity index (χ3v) is 3.15. The summed E-state index contributed by atoms with van der Waals surface area (Å²) in [5.41, 5.74) is 6.08. The Bertz CT molecular complexity index is 140. The summed E-state index contributed by atoms with van der Waals surface area (Å²) >= 11 is 0. The van der Waals surface area contributed by atoms with Gasteiger partial charge in [0.15, 0.2) is 0 Å². The summed E-state index contributed by atoms with van der Waals surface area (Å²) in [5, 5.41) is 0. The average molecular weight is 187 g/mol. The van der Waals surface area contributed by atoms with Gasteiger partial charge in [-0.05, 0) is 32.1 Å². The van der Waals surface area contributed by atoms with Gasteiger partial charge in [0.25, 0.3) is 0 Å². The SMILES string of the molecule is COCCCC(N)C1(OC)CCC1. The molecule has 0 aliphatic heterocycles. The van der Waals surface area contributed by atoms with Crippen molar-refractivity contribution in [1.29, 1.82) is 0 Å². The first-order valence-electron chi connectivity index (χ1n) is 5.05. The highest BCUT2D eigenvalue weighted by molar-refractivity contribution is 4.97. The highest BCUT2D eigenvalue weighted by Crippen LogP contribution is 2.38. The van der Waals surface area contributed by atoms with Crippen LogP contribution >= 0.6 is 0 Å². The van der Waals surface area contributed by atoms with Crippen LogP contribution in [-0.2, 0) is 9.47 Å².